The van der Waals surface area contributed by atoms with Crippen molar-refractivity contribution in [1.29, 1.82) is 0 Å². The van der Waals surface area contributed by atoms with Gasteiger partial charge >= 0.3 is 0 Å². The molecule has 1 aliphatic heterocycles. The second-order valence-electron chi connectivity index (χ2n) is 6.02. The molecule has 25 heavy (non-hydrogen) atoms. The van der Waals surface area contributed by atoms with E-state index in [0.29, 0.717) is 5.56 Å². The zero-order valence-electron chi connectivity index (χ0n) is 13.6. The summed E-state index contributed by atoms with van der Waals surface area (Å²) in [5.74, 6) is -0.997. The number of nitrogens with one attached hydrogen (secondary N) is 2. The van der Waals surface area contributed by atoms with Gasteiger partial charge in [0.1, 0.15) is 5.82 Å². The molecule has 1 saturated heterocycles. The average molecular weight is 386 g/mol. The summed E-state index contributed by atoms with van der Waals surface area (Å²) in [5, 5.41) is 14.2. The van der Waals surface area contributed by atoms with Crippen LogP contribution in [0.15, 0.2) is 18.3 Å². The lowest BCUT2D eigenvalue weighted by atomic mass is 10.1. The van der Waals surface area contributed by atoms with Gasteiger partial charge < -0.3 is 10.6 Å². The van der Waals surface area contributed by atoms with Crippen molar-refractivity contribution >= 4 is 29.1 Å². The van der Waals surface area contributed by atoms with Gasteiger partial charge in [-0.3, -0.25) is 4.79 Å². The number of carbonyl (C=O) groups is 1. The largest absolute Gasteiger partial charge is 0.344 e. The van der Waals surface area contributed by atoms with E-state index in [2.05, 4.69) is 20.9 Å². The molecule has 1 amide bonds. The summed E-state index contributed by atoms with van der Waals surface area (Å²) in [5.41, 5.74) is 0.538. The van der Waals surface area contributed by atoms with Crippen molar-refractivity contribution in [2.75, 3.05) is 13.1 Å². The number of hydrogen-bond donors (Lipinski definition) is 2. The fourth-order valence-electron chi connectivity index (χ4n) is 2.91. The SMILES string of the molecule is C[C@@H](NC(=O)c1cn(C2CCNCC2)nn1)c1c(Cl)ccc(F)c1Cl. The van der Waals surface area contributed by atoms with Gasteiger partial charge in [-0.25, -0.2) is 9.07 Å². The van der Waals surface area contributed by atoms with Gasteiger partial charge in [0.15, 0.2) is 5.69 Å². The third kappa shape index (κ3) is 3.94. The zero-order chi connectivity index (χ0) is 18.0. The highest BCUT2D eigenvalue weighted by molar-refractivity contribution is 6.36. The van der Waals surface area contributed by atoms with Crippen molar-refractivity contribution in [3.8, 4) is 0 Å². The van der Waals surface area contributed by atoms with Gasteiger partial charge in [0, 0.05) is 10.6 Å². The predicted octanol–water partition coefficient (Wildman–Crippen LogP) is 3.14. The zero-order valence-corrected chi connectivity index (χ0v) is 15.1. The second kappa shape index (κ2) is 7.68. The lowest BCUT2D eigenvalue weighted by Gasteiger charge is -2.22. The number of hydrogen-bond acceptors (Lipinski definition) is 4. The van der Waals surface area contributed by atoms with E-state index in [1.807, 2.05) is 0 Å². The Balaban J connectivity index is 1.72. The fourth-order valence-corrected chi connectivity index (χ4v) is 3.61. The maximum Gasteiger partial charge on any atom is 0.273 e. The Kier molecular flexibility index (Phi) is 5.56. The molecule has 1 atom stereocenters. The van der Waals surface area contributed by atoms with Crippen molar-refractivity contribution < 1.29 is 9.18 Å². The van der Waals surface area contributed by atoms with Gasteiger partial charge in [0.2, 0.25) is 0 Å². The maximum atomic E-state index is 13.7. The van der Waals surface area contributed by atoms with Crippen LogP contribution < -0.4 is 10.6 Å². The van der Waals surface area contributed by atoms with E-state index in [1.54, 1.807) is 17.8 Å². The van der Waals surface area contributed by atoms with Gasteiger partial charge in [-0.2, -0.15) is 0 Å². The Labute approximate surface area is 154 Å². The van der Waals surface area contributed by atoms with Gasteiger partial charge in [-0.05, 0) is 45.0 Å². The van der Waals surface area contributed by atoms with Crippen LogP contribution in [0.5, 0.6) is 0 Å². The predicted molar refractivity (Wildman–Crippen MR) is 93.5 cm³/mol. The molecule has 0 aliphatic carbocycles. The molecule has 2 heterocycles. The molecule has 2 aromatic rings. The van der Waals surface area contributed by atoms with E-state index in [0.717, 1.165) is 25.9 Å². The molecule has 9 heteroatoms. The summed E-state index contributed by atoms with van der Waals surface area (Å²) in [7, 11) is 0. The Bertz CT molecular complexity index is 776. The van der Waals surface area contributed by atoms with Crippen LogP contribution in [0.1, 0.15) is 47.9 Å². The smallest absolute Gasteiger partial charge is 0.273 e. The van der Waals surface area contributed by atoms with Crippen molar-refractivity contribution in [3.05, 3.63) is 45.4 Å². The van der Waals surface area contributed by atoms with E-state index in [9.17, 15) is 9.18 Å². The van der Waals surface area contributed by atoms with Crippen LogP contribution in [0.2, 0.25) is 10.0 Å². The first-order valence-electron chi connectivity index (χ1n) is 8.04. The van der Waals surface area contributed by atoms with E-state index < -0.39 is 17.8 Å². The molecule has 134 valence electrons. The van der Waals surface area contributed by atoms with Crippen LogP contribution in [0, 0.1) is 5.82 Å². The summed E-state index contributed by atoms with van der Waals surface area (Å²) in [6.45, 7) is 3.51. The third-order valence-corrected chi connectivity index (χ3v) is 5.00. The number of nitrogens with zero attached hydrogens (tertiary/aromatic N) is 3. The number of carbonyl (C=O) groups excluding carboxylic acids is 1. The number of amides is 1. The topological polar surface area (TPSA) is 71.8 Å². The molecular formula is C16H18Cl2FN5O. The molecule has 1 aromatic carbocycles. The first-order chi connectivity index (χ1) is 12.0. The Morgan fingerprint density at radius 2 is 2.12 bits per heavy atom. The fraction of sp³-hybridized carbons (Fsp3) is 0.438. The number of halogens is 3. The van der Waals surface area contributed by atoms with Gasteiger partial charge in [0.05, 0.1) is 23.3 Å². The quantitative estimate of drug-likeness (QED) is 0.792. The molecule has 1 aliphatic rings. The summed E-state index contributed by atoms with van der Waals surface area (Å²) in [4.78, 5) is 12.4. The highest BCUT2D eigenvalue weighted by Crippen LogP contribution is 2.32. The van der Waals surface area contributed by atoms with E-state index >= 15 is 0 Å². The summed E-state index contributed by atoms with van der Waals surface area (Å²) in [6, 6.07) is 2.26. The van der Waals surface area contributed by atoms with E-state index in [4.69, 9.17) is 23.2 Å². The van der Waals surface area contributed by atoms with Crippen LogP contribution in [0.4, 0.5) is 4.39 Å². The molecular weight excluding hydrogens is 368 g/mol. The van der Waals surface area contributed by atoms with Crippen molar-refractivity contribution in [2.24, 2.45) is 0 Å². The van der Waals surface area contributed by atoms with Crippen molar-refractivity contribution in [2.45, 2.75) is 31.8 Å². The van der Waals surface area contributed by atoms with E-state index in [-0.39, 0.29) is 21.8 Å². The molecule has 0 unspecified atom stereocenters. The first kappa shape index (κ1) is 18.1. The number of benzene rings is 1. The highest BCUT2D eigenvalue weighted by Gasteiger charge is 2.22. The third-order valence-electron chi connectivity index (χ3n) is 4.29. The molecule has 1 fully saturated rings. The number of aromatic nitrogens is 3. The Hall–Kier alpha value is -1.70. The second-order valence-corrected chi connectivity index (χ2v) is 6.80. The molecule has 6 nitrogen and oxygen atoms in total. The normalized spacial score (nSPS) is 16.6. The minimum atomic E-state index is -0.584. The molecule has 0 spiro atoms. The average Bonchev–Trinajstić information content (AvgIpc) is 3.09. The minimum Gasteiger partial charge on any atom is -0.344 e. The molecule has 0 radical (unpaired) electrons. The number of rotatable bonds is 4. The van der Waals surface area contributed by atoms with Crippen LogP contribution in [0.25, 0.3) is 0 Å². The lowest BCUT2D eigenvalue weighted by Crippen LogP contribution is -2.29. The summed E-state index contributed by atoms with van der Waals surface area (Å²) >= 11 is 12.1. The maximum absolute atomic E-state index is 13.7. The van der Waals surface area contributed by atoms with Crippen molar-refractivity contribution in [3.63, 3.8) is 0 Å². The molecule has 3 rings (SSSR count). The first-order valence-corrected chi connectivity index (χ1v) is 8.79. The Morgan fingerprint density at radius 3 is 2.84 bits per heavy atom. The minimum absolute atomic E-state index is 0.0985. The molecule has 1 aromatic heterocycles. The summed E-state index contributed by atoms with van der Waals surface area (Å²) in [6.07, 6.45) is 3.51. The van der Waals surface area contributed by atoms with Crippen LogP contribution in [-0.2, 0) is 0 Å². The summed E-state index contributed by atoms with van der Waals surface area (Å²) < 4.78 is 15.4. The van der Waals surface area contributed by atoms with Crippen LogP contribution in [-0.4, -0.2) is 34.0 Å². The monoisotopic (exact) mass is 385 g/mol. The standard InChI is InChI=1S/C16H18Cl2FN5O/c1-9(14-11(17)2-3-12(19)15(14)18)21-16(25)13-8-24(23-22-13)10-4-6-20-7-5-10/h2-3,8-10,20H,4-7H2,1H3,(H,21,25)/t9-/m1/s1. The molecule has 2 N–H and O–H groups in total. The van der Waals surface area contributed by atoms with Crippen molar-refractivity contribution in [1.82, 2.24) is 25.6 Å². The molecule has 0 saturated carbocycles. The van der Waals surface area contributed by atoms with Crippen LogP contribution in [0.3, 0.4) is 0 Å². The molecule has 0 bridgehead atoms. The van der Waals surface area contributed by atoms with Gasteiger partial charge in [-0.1, -0.05) is 28.4 Å². The van der Waals surface area contributed by atoms with Gasteiger partial charge in [-0.15, -0.1) is 5.10 Å². The van der Waals surface area contributed by atoms with Gasteiger partial charge in [0.25, 0.3) is 5.91 Å². The highest BCUT2D eigenvalue weighted by atomic mass is 35.5. The Morgan fingerprint density at radius 1 is 1.40 bits per heavy atom. The van der Waals surface area contributed by atoms with Crippen LogP contribution >= 0.6 is 23.2 Å². The van der Waals surface area contributed by atoms with E-state index in [1.165, 1.54) is 12.1 Å². The number of piperidine rings is 1. The lowest BCUT2D eigenvalue weighted by molar-refractivity contribution is 0.0934.